The average Bonchev–Trinajstić information content (AvgIpc) is 2.83. The Labute approximate surface area is 110 Å². The normalized spacial score (nSPS) is 13.8. The van der Waals surface area contributed by atoms with Gasteiger partial charge in [0.1, 0.15) is 5.75 Å². The third kappa shape index (κ3) is 2.62. The summed E-state index contributed by atoms with van der Waals surface area (Å²) < 4.78 is 15.9. The van der Waals surface area contributed by atoms with Crippen molar-refractivity contribution in [3.63, 3.8) is 0 Å². The number of nitrogens with zero attached hydrogens (tertiary/aromatic N) is 1. The number of likely N-dealkylation sites (N-methyl/N-ethyl adjacent to an activating group) is 1. The lowest BCUT2D eigenvalue weighted by atomic mass is 10.2. The molecule has 1 aromatic rings. The number of hydrogen-bond donors (Lipinski definition) is 0. The van der Waals surface area contributed by atoms with Crippen molar-refractivity contribution in [2.75, 3.05) is 20.9 Å². The molecule has 1 aromatic carbocycles. The molecule has 0 saturated carbocycles. The summed E-state index contributed by atoms with van der Waals surface area (Å²) in [4.78, 5) is 24.2. The van der Waals surface area contributed by atoms with Gasteiger partial charge in [-0.1, -0.05) is 0 Å². The van der Waals surface area contributed by atoms with E-state index in [4.69, 9.17) is 14.2 Å². The number of carbonyl (C=O) groups is 2. The first-order valence-corrected chi connectivity index (χ1v) is 5.79. The third-order valence-electron chi connectivity index (χ3n) is 2.72. The maximum atomic E-state index is 11.7. The number of carbonyl (C=O) groups excluding carboxylic acids is 2. The summed E-state index contributed by atoms with van der Waals surface area (Å²) in [7, 11) is 3.28. The van der Waals surface area contributed by atoms with Gasteiger partial charge in [-0.3, -0.25) is 9.59 Å². The number of rotatable bonds is 4. The topological polar surface area (TPSA) is 65.1 Å². The molecule has 0 N–H and O–H groups in total. The van der Waals surface area contributed by atoms with Gasteiger partial charge in [-0.05, 0) is 13.0 Å². The zero-order valence-electron chi connectivity index (χ0n) is 11.0. The van der Waals surface area contributed by atoms with Crippen LogP contribution < -0.4 is 14.2 Å². The minimum Gasteiger partial charge on any atom is -0.480 e. The molecule has 0 aromatic heterocycles. The van der Waals surface area contributed by atoms with Crippen LogP contribution in [0.1, 0.15) is 17.3 Å². The first-order valence-electron chi connectivity index (χ1n) is 5.79. The van der Waals surface area contributed by atoms with Gasteiger partial charge in [-0.25, -0.2) is 0 Å². The van der Waals surface area contributed by atoms with E-state index in [0.29, 0.717) is 29.1 Å². The van der Waals surface area contributed by atoms with E-state index in [1.807, 2.05) is 0 Å². The second-order valence-electron chi connectivity index (χ2n) is 4.35. The van der Waals surface area contributed by atoms with E-state index in [9.17, 15) is 9.59 Å². The molecular formula is C13H15NO5. The third-order valence-corrected chi connectivity index (χ3v) is 2.72. The van der Waals surface area contributed by atoms with Gasteiger partial charge in [0.05, 0.1) is 5.56 Å². The molecule has 0 saturated heterocycles. The number of amides is 1. The molecule has 6 nitrogen and oxygen atoms in total. The zero-order valence-corrected chi connectivity index (χ0v) is 11.0. The van der Waals surface area contributed by atoms with Crippen LogP contribution in [0.15, 0.2) is 12.1 Å². The van der Waals surface area contributed by atoms with Gasteiger partial charge in [0.25, 0.3) is 5.91 Å². The predicted octanol–water partition coefficient (Wildman–Crippen LogP) is 1.08. The second kappa shape index (κ2) is 5.17. The second-order valence-corrected chi connectivity index (χ2v) is 4.35. The number of aldehydes is 1. The molecule has 6 heteroatoms. The summed E-state index contributed by atoms with van der Waals surface area (Å²) in [5.41, 5.74) is 0.322. The minimum atomic E-state index is -0.686. The number of fused-ring (bicyclic) bond motifs is 1. The van der Waals surface area contributed by atoms with E-state index in [1.165, 1.54) is 11.0 Å². The molecule has 0 spiro atoms. The lowest BCUT2D eigenvalue weighted by molar-refractivity contribution is -0.135. The number of hydrogen-bond acceptors (Lipinski definition) is 5. The van der Waals surface area contributed by atoms with Crippen molar-refractivity contribution < 1.29 is 23.8 Å². The Morgan fingerprint density at radius 2 is 2.00 bits per heavy atom. The predicted molar refractivity (Wildman–Crippen MR) is 66.7 cm³/mol. The van der Waals surface area contributed by atoms with Crippen LogP contribution in [0.5, 0.6) is 17.2 Å². The Hall–Kier alpha value is -2.24. The number of benzene rings is 1. The van der Waals surface area contributed by atoms with Crippen molar-refractivity contribution in [2.45, 2.75) is 13.0 Å². The fraction of sp³-hybridized carbons (Fsp3) is 0.385. The van der Waals surface area contributed by atoms with Gasteiger partial charge in [0, 0.05) is 20.2 Å². The molecule has 0 bridgehead atoms. The molecule has 1 atom stereocenters. The maximum absolute atomic E-state index is 11.7. The first-order chi connectivity index (χ1) is 9.02. The van der Waals surface area contributed by atoms with Crippen LogP contribution in [0.3, 0.4) is 0 Å². The van der Waals surface area contributed by atoms with Crippen molar-refractivity contribution in [2.24, 2.45) is 0 Å². The quantitative estimate of drug-likeness (QED) is 0.762. The van der Waals surface area contributed by atoms with Crippen LogP contribution in [0, 0.1) is 0 Å². The molecule has 0 aliphatic carbocycles. The smallest absolute Gasteiger partial charge is 0.262 e. The molecule has 1 amide bonds. The highest BCUT2D eigenvalue weighted by Crippen LogP contribution is 2.37. The highest BCUT2D eigenvalue weighted by Gasteiger charge is 2.22. The van der Waals surface area contributed by atoms with Gasteiger partial charge in [0.2, 0.25) is 6.79 Å². The summed E-state index contributed by atoms with van der Waals surface area (Å²) in [6, 6.07) is 3.10. The van der Waals surface area contributed by atoms with E-state index in [1.54, 1.807) is 27.1 Å². The largest absolute Gasteiger partial charge is 0.480 e. The van der Waals surface area contributed by atoms with Gasteiger partial charge < -0.3 is 19.1 Å². The number of ether oxygens (including phenoxy) is 3. The summed E-state index contributed by atoms with van der Waals surface area (Å²) in [6.07, 6.45) is -0.0292. The summed E-state index contributed by atoms with van der Waals surface area (Å²) in [5, 5.41) is 0. The maximum Gasteiger partial charge on any atom is 0.262 e. The standard InChI is InChI=1S/C13H15NO5/c1-8(13(16)14(2)3)19-10-5-12-11(17-7-18-12)4-9(10)6-15/h4-6,8H,7H2,1-3H3. The fourth-order valence-corrected chi connectivity index (χ4v) is 1.74. The SMILES string of the molecule is CC(Oc1cc2c(cc1C=O)OCO2)C(=O)N(C)C. The van der Waals surface area contributed by atoms with E-state index >= 15 is 0 Å². The summed E-state index contributed by atoms with van der Waals surface area (Å²) in [5.74, 6) is 1.13. The van der Waals surface area contributed by atoms with E-state index in [2.05, 4.69) is 0 Å². The van der Waals surface area contributed by atoms with Gasteiger partial charge in [-0.2, -0.15) is 0 Å². The molecule has 2 rings (SSSR count). The Bertz CT molecular complexity index is 512. The molecule has 1 unspecified atom stereocenters. The van der Waals surface area contributed by atoms with Crippen LogP contribution in [0.4, 0.5) is 0 Å². The molecule has 102 valence electrons. The van der Waals surface area contributed by atoms with Crippen LogP contribution >= 0.6 is 0 Å². The van der Waals surface area contributed by atoms with Gasteiger partial charge in [0.15, 0.2) is 23.9 Å². The van der Waals surface area contributed by atoms with Gasteiger partial charge >= 0.3 is 0 Å². The molecule has 1 heterocycles. The Morgan fingerprint density at radius 3 is 2.58 bits per heavy atom. The van der Waals surface area contributed by atoms with E-state index in [0.717, 1.165) is 0 Å². The van der Waals surface area contributed by atoms with Crippen molar-refractivity contribution in [1.29, 1.82) is 0 Å². The van der Waals surface area contributed by atoms with Crippen LogP contribution in [-0.2, 0) is 4.79 Å². The van der Waals surface area contributed by atoms with E-state index in [-0.39, 0.29) is 12.7 Å². The molecular weight excluding hydrogens is 250 g/mol. The lowest BCUT2D eigenvalue weighted by Crippen LogP contribution is -2.35. The molecule has 0 radical (unpaired) electrons. The minimum absolute atomic E-state index is 0.114. The average molecular weight is 265 g/mol. The lowest BCUT2D eigenvalue weighted by Gasteiger charge is -2.19. The summed E-state index contributed by atoms with van der Waals surface area (Å²) in [6.45, 7) is 1.74. The highest BCUT2D eigenvalue weighted by molar-refractivity contribution is 5.83. The van der Waals surface area contributed by atoms with Crippen molar-refractivity contribution in [3.8, 4) is 17.2 Å². The van der Waals surface area contributed by atoms with Crippen LogP contribution in [0.2, 0.25) is 0 Å². The van der Waals surface area contributed by atoms with Gasteiger partial charge in [-0.15, -0.1) is 0 Å². The monoisotopic (exact) mass is 265 g/mol. The zero-order chi connectivity index (χ0) is 14.0. The molecule has 19 heavy (non-hydrogen) atoms. The molecule has 0 fully saturated rings. The Balaban J connectivity index is 2.24. The fourth-order valence-electron chi connectivity index (χ4n) is 1.74. The van der Waals surface area contributed by atoms with E-state index < -0.39 is 6.10 Å². The Morgan fingerprint density at radius 1 is 1.37 bits per heavy atom. The Kier molecular flexibility index (Phi) is 3.59. The van der Waals surface area contributed by atoms with Crippen molar-refractivity contribution >= 4 is 12.2 Å². The first kappa shape index (κ1) is 13.2. The van der Waals surface area contributed by atoms with Crippen molar-refractivity contribution in [3.05, 3.63) is 17.7 Å². The summed E-state index contributed by atoms with van der Waals surface area (Å²) >= 11 is 0. The van der Waals surface area contributed by atoms with Crippen LogP contribution in [-0.4, -0.2) is 44.1 Å². The molecule has 1 aliphatic rings. The van der Waals surface area contributed by atoms with Crippen LogP contribution in [0.25, 0.3) is 0 Å². The molecule has 1 aliphatic heterocycles. The van der Waals surface area contributed by atoms with Crippen molar-refractivity contribution in [1.82, 2.24) is 4.90 Å². The highest BCUT2D eigenvalue weighted by atomic mass is 16.7.